The summed E-state index contributed by atoms with van der Waals surface area (Å²) >= 11 is 1.25. The number of aryl methyl sites for hydroxylation is 1. The van der Waals surface area contributed by atoms with Gasteiger partial charge in [-0.1, -0.05) is 11.3 Å². The molecule has 2 rings (SSSR count). The lowest BCUT2D eigenvalue weighted by Crippen LogP contribution is -1.92. The average Bonchev–Trinajstić information content (AvgIpc) is 2.52. The minimum Gasteiger partial charge on any atom is -0.375 e. The maximum absolute atomic E-state index is 13.4. The van der Waals surface area contributed by atoms with E-state index in [0.29, 0.717) is 22.5 Å². The maximum atomic E-state index is 13.4. The summed E-state index contributed by atoms with van der Waals surface area (Å²) in [4.78, 5) is 14.5. The summed E-state index contributed by atoms with van der Waals surface area (Å²) in [6, 6.07) is 1.47. The maximum Gasteiger partial charge on any atom is 0.181 e. The lowest BCUT2D eigenvalue weighted by atomic mass is 10.1. The lowest BCUT2D eigenvalue weighted by Gasteiger charge is -1.99. The molecule has 0 fully saturated rings. The van der Waals surface area contributed by atoms with E-state index in [1.807, 2.05) is 0 Å². The number of aromatic nitrogens is 1. The summed E-state index contributed by atoms with van der Waals surface area (Å²) < 4.78 is 14.2. The first-order valence-corrected chi connectivity index (χ1v) is 4.75. The Kier molecular flexibility index (Phi) is 1.96. The van der Waals surface area contributed by atoms with E-state index >= 15 is 0 Å². The van der Waals surface area contributed by atoms with Gasteiger partial charge in [-0.15, -0.1) is 0 Å². The third kappa shape index (κ3) is 1.17. The van der Waals surface area contributed by atoms with Gasteiger partial charge < -0.3 is 5.73 Å². The smallest absolute Gasteiger partial charge is 0.181 e. The number of hydrogen-bond acceptors (Lipinski definition) is 4. The van der Waals surface area contributed by atoms with E-state index in [9.17, 15) is 9.18 Å². The Bertz CT molecular complexity index is 521. The molecule has 5 heteroatoms. The van der Waals surface area contributed by atoms with Crippen molar-refractivity contribution in [3.63, 3.8) is 0 Å². The van der Waals surface area contributed by atoms with Gasteiger partial charge in [-0.2, -0.15) is 0 Å². The number of aldehydes is 1. The number of thiazole rings is 1. The van der Waals surface area contributed by atoms with E-state index < -0.39 is 5.82 Å². The summed E-state index contributed by atoms with van der Waals surface area (Å²) in [7, 11) is 0. The second-order valence-electron chi connectivity index (χ2n) is 2.92. The summed E-state index contributed by atoms with van der Waals surface area (Å²) in [6.45, 7) is 1.59. The highest BCUT2D eigenvalue weighted by atomic mass is 32.1. The van der Waals surface area contributed by atoms with Crippen LogP contribution in [-0.2, 0) is 0 Å². The minimum absolute atomic E-state index is 0.0543. The van der Waals surface area contributed by atoms with Gasteiger partial charge in [0.15, 0.2) is 11.4 Å². The number of nitrogens with zero attached hydrogens (tertiary/aromatic N) is 1. The molecule has 0 bridgehead atoms. The molecule has 0 radical (unpaired) electrons. The molecule has 0 aliphatic heterocycles. The first-order valence-electron chi connectivity index (χ1n) is 3.93. The van der Waals surface area contributed by atoms with Gasteiger partial charge in [0.2, 0.25) is 0 Å². The number of nitrogen functional groups attached to an aromatic ring is 1. The number of benzene rings is 1. The zero-order chi connectivity index (χ0) is 10.3. The number of anilines is 1. The van der Waals surface area contributed by atoms with Gasteiger partial charge in [0, 0.05) is 5.56 Å². The van der Waals surface area contributed by atoms with E-state index in [1.165, 1.54) is 17.4 Å². The average molecular weight is 210 g/mol. The summed E-state index contributed by atoms with van der Waals surface area (Å²) in [5.74, 6) is -0.516. The molecule has 2 aromatic rings. The first-order chi connectivity index (χ1) is 6.63. The molecule has 1 aromatic carbocycles. The standard InChI is InChI=1S/C9H7FN2OS/c1-4-7(10)5(3-13)2-6-8(4)12-9(11)14-6/h2-3H,1H3,(H2,11,12). The monoisotopic (exact) mass is 210 g/mol. The molecule has 3 nitrogen and oxygen atoms in total. The molecule has 0 unspecified atom stereocenters. The van der Waals surface area contributed by atoms with Crippen molar-refractivity contribution in [2.45, 2.75) is 6.92 Å². The fourth-order valence-corrected chi connectivity index (χ4v) is 2.17. The van der Waals surface area contributed by atoms with E-state index in [0.717, 1.165) is 4.70 Å². The Balaban J connectivity index is 2.90. The van der Waals surface area contributed by atoms with Crippen molar-refractivity contribution in [2.24, 2.45) is 0 Å². The number of nitrogens with two attached hydrogens (primary N) is 1. The minimum atomic E-state index is -0.516. The van der Waals surface area contributed by atoms with Crippen LogP contribution in [0.4, 0.5) is 9.52 Å². The molecule has 0 atom stereocenters. The highest BCUT2D eigenvalue weighted by Crippen LogP contribution is 2.29. The Morgan fingerprint density at radius 2 is 2.36 bits per heavy atom. The Labute approximate surface area is 83.4 Å². The topological polar surface area (TPSA) is 56.0 Å². The van der Waals surface area contributed by atoms with Crippen LogP contribution in [0.15, 0.2) is 6.07 Å². The molecule has 0 aliphatic rings. The van der Waals surface area contributed by atoms with Gasteiger partial charge in [-0.3, -0.25) is 4.79 Å². The normalized spacial score (nSPS) is 10.7. The number of hydrogen-bond donors (Lipinski definition) is 1. The summed E-state index contributed by atoms with van der Waals surface area (Å²) in [5.41, 5.74) is 6.46. The van der Waals surface area contributed by atoms with Crippen molar-refractivity contribution in [3.05, 3.63) is 23.0 Å². The van der Waals surface area contributed by atoms with Crippen LogP contribution in [0.5, 0.6) is 0 Å². The van der Waals surface area contributed by atoms with Gasteiger partial charge in [0.25, 0.3) is 0 Å². The SMILES string of the molecule is Cc1c(F)c(C=O)cc2sc(N)nc12. The second kappa shape index (κ2) is 3.02. The van der Waals surface area contributed by atoms with E-state index in [4.69, 9.17) is 5.73 Å². The van der Waals surface area contributed by atoms with E-state index in [1.54, 1.807) is 6.92 Å². The molecule has 2 N–H and O–H groups in total. The van der Waals surface area contributed by atoms with Crippen LogP contribution in [0, 0.1) is 12.7 Å². The van der Waals surface area contributed by atoms with Crippen LogP contribution >= 0.6 is 11.3 Å². The fourth-order valence-electron chi connectivity index (χ4n) is 1.33. The molecule has 14 heavy (non-hydrogen) atoms. The second-order valence-corrected chi connectivity index (χ2v) is 3.98. The van der Waals surface area contributed by atoms with Crippen LogP contribution in [0.25, 0.3) is 10.2 Å². The zero-order valence-corrected chi connectivity index (χ0v) is 8.19. The zero-order valence-electron chi connectivity index (χ0n) is 7.37. The van der Waals surface area contributed by atoms with Crippen LogP contribution in [0.2, 0.25) is 0 Å². The number of carbonyl (C=O) groups excluding carboxylic acids is 1. The largest absolute Gasteiger partial charge is 0.375 e. The van der Waals surface area contributed by atoms with Gasteiger partial charge in [0.05, 0.1) is 15.8 Å². The molecule has 72 valence electrons. The number of fused-ring (bicyclic) bond motifs is 1. The van der Waals surface area contributed by atoms with Crippen LogP contribution in [0.1, 0.15) is 15.9 Å². The molecule has 0 saturated heterocycles. The fraction of sp³-hybridized carbons (Fsp3) is 0.111. The predicted octanol–water partition coefficient (Wildman–Crippen LogP) is 2.14. The van der Waals surface area contributed by atoms with Crippen molar-refractivity contribution < 1.29 is 9.18 Å². The predicted molar refractivity (Wildman–Crippen MR) is 54.1 cm³/mol. The molecule has 1 heterocycles. The van der Waals surface area contributed by atoms with Crippen molar-refractivity contribution in [1.82, 2.24) is 4.98 Å². The van der Waals surface area contributed by atoms with Crippen molar-refractivity contribution in [2.75, 3.05) is 5.73 Å². The van der Waals surface area contributed by atoms with Gasteiger partial charge >= 0.3 is 0 Å². The summed E-state index contributed by atoms with van der Waals surface area (Å²) in [5, 5.41) is 0.380. The molecule has 0 spiro atoms. The van der Waals surface area contributed by atoms with Crippen molar-refractivity contribution >= 4 is 33.0 Å². The highest BCUT2D eigenvalue weighted by Gasteiger charge is 2.12. The Hall–Kier alpha value is -1.49. The lowest BCUT2D eigenvalue weighted by molar-refractivity contribution is 0.112. The van der Waals surface area contributed by atoms with Crippen LogP contribution in [0.3, 0.4) is 0 Å². The number of rotatable bonds is 1. The number of halogens is 1. The molecule has 0 aliphatic carbocycles. The quantitative estimate of drug-likeness (QED) is 0.733. The van der Waals surface area contributed by atoms with Crippen LogP contribution < -0.4 is 5.73 Å². The third-order valence-electron chi connectivity index (χ3n) is 2.02. The van der Waals surface area contributed by atoms with Gasteiger partial charge in [0.1, 0.15) is 5.82 Å². The van der Waals surface area contributed by atoms with Gasteiger partial charge in [-0.05, 0) is 13.0 Å². The molecular weight excluding hydrogens is 203 g/mol. The first kappa shape index (κ1) is 9.08. The van der Waals surface area contributed by atoms with Gasteiger partial charge in [-0.25, -0.2) is 9.37 Å². The van der Waals surface area contributed by atoms with Crippen molar-refractivity contribution in [3.8, 4) is 0 Å². The van der Waals surface area contributed by atoms with E-state index in [-0.39, 0.29) is 5.56 Å². The molecule has 0 amide bonds. The van der Waals surface area contributed by atoms with Crippen LogP contribution in [-0.4, -0.2) is 11.3 Å². The molecular formula is C9H7FN2OS. The highest BCUT2D eigenvalue weighted by molar-refractivity contribution is 7.22. The Morgan fingerprint density at radius 1 is 1.64 bits per heavy atom. The summed E-state index contributed by atoms with van der Waals surface area (Å²) in [6.07, 6.45) is 0.498. The Morgan fingerprint density at radius 3 is 3.00 bits per heavy atom. The van der Waals surface area contributed by atoms with Crippen molar-refractivity contribution in [1.29, 1.82) is 0 Å². The molecule has 1 aromatic heterocycles. The number of carbonyl (C=O) groups is 1. The molecule has 0 saturated carbocycles. The third-order valence-corrected chi connectivity index (χ3v) is 2.85. The van der Waals surface area contributed by atoms with E-state index in [2.05, 4.69) is 4.98 Å².